The van der Waals surface area contributed by atoms with Gasteiger partial charge in [0.1, 0.15) is 18.5 Å². The molecular formula is C19H21N3O4. The highest BCUT2D eigenvalue weighted by atomic mass is 16.6. The van der Waals surface area contributed by atoms with E-state index in [4.69, 9.17) is 10.00 Å². The zero-order chi connectivity index (χ0) is 19.3. The second kappa shape index (κ2) is 8.32. The molecule has 0 bridgehead atoms. The third kappa shape index (κ3) is 4.49. The van der Waals surface area contributed by atoms with Crippen LogP contribution in [0.5, 0.6) is 5.75 Å². The Bertz CT molecular complexity index is 838. The van der Waals surface area contributed by atoms with Gasteiger partial charge in [-0.05, 0) is 38.0 Å². The Morgan fingerprint density at radius 2 is 1.96 bits per heavy atom. The molecule has 0 aliphatic rings. The van der Waals surface area contributed by atoms with Crippen LogP contribution in [-0.2, 0) is 0 Å². The van der Waals surface area contributed by atoms with E-state index in [1.165, 1.54) is 12.1 Å². The van der Waals surface area contributed by atoms with Crippen molar-refractivity contribution in [3.05, 3.63) is 62.7 Å². The number of nitro groups is 1. The van der Waals surface area contributed by atoms with Gasteiger partial charge in [-0.25, -0.2) is 0 Å². The van der Waals surface area contributed by atoms with Gasteiger partial charge in [-0.1, -0.05) is 18.2 Å². The molecule has 1 unspecified atom stereocenters. The van der Waals surface area contributed by atoms with Gasteiger partial charge < -0.3 is 15.2 Å². The fraction of sp³-hybridized carbons (Fsp3) is 0.316. The van der Waals surface area contributed by atoms with Crippen molar-refractivity contribution in [1.29, 1.82) is 5.26 Å². The van der Waals surface area contributed by atoms with Crippen LogP contribution in [0.2, 0.25) is 0 Å². The topological polar surface area (TPSA) is 108 Å². The van der Waals surface area contributed by atoms with E-state index in [1.807, 2.05) is 38.1 Å². The van der Waals surface area contributed by atoms with E-state index in [1.54, 1.807) is 6.92 Å². The maximum atomic E-state index is 11.1. The summed E-state index contributed by atoms with van der Waals surface area (Å²) in [5.41, 5.74) is 2.88. The number of nitriles is 1. The number of benzene rings is 2. The minimum absolute atomic E-state index is 0.0811. The zero-order valence-corrected chi connectivity index (χ0v) is 14.9. The van der Waals surface area contributed by atoms with E-state index in [9.17, 15) is 15.2 Å². The Hall–Kier alpha value is -3.11. The molecule has 0 saturated heterocycles. The minimum Gasteiger partial charge on any atom is -0.490 e. The SMILES string of the molecule is Cc1cccc(C)c1OCC(O)CNc1cc(C#N)cc([N+](=O)[O-])c1C. The number of rotatable bonds is 7. The summed E-state index contributed by atoms with van der Waals surface area (Å²) >= 11 is 0. The molecule has 7 heteroatoms. The van der Waals surface area contributed by atoms with Crippen molar-refractivity contribution >= 4 is 11.4 Å². The van der Waals surface area contributed by atoms with Crippen molar-refractivity contribution in [3.8, 4) is 11.8 Å². The normalized spacial score (nSPS) is 11.5. The van der Waals surface area contributed by atoms with Crippen LogP contribution >= 0.6 is 0 Å². The lowest BCUT2D eigenvalue weighted by molar-refractivity contribution is -0.385. The summed E-state index contributed by atoms with van der Waals surface area (Å²) in [5.74, 6) is 0.741. The minimum atomic E-state index is -0.821. The number of para-hydroxylation sites is 1. The first kappa shape index (κ1) is 19.2. The van der Waals surface area contributed by atoms with Gasteiger partial charge in [0.15, 0.2) is 0 Å². The summed E-state index contributed by atoms with van der Waals surface area (Å²) in [4.78, 5) is 10.6. The molecule has 0 aromatic heterocycles. The number of aliphatic hydroxyl groups is 1. The highest BCUT2D eigenvalue weighted by molar-refractivity contribution is 5.64. The number of anilines is 1. The van der Waals surface area contributed by atoms with Crippen LogP contribution in [0, 0.1) is 42.2 Å². The molecule has 0 saturated carbocycles. The Labute approximate surface area is 152 Å². The molecule has 2 aromatic rings. The number of ether oxygens (including phenoxy) is 1. The lowest BCUT2D eigenvalue weighted by Crippen LogP contribution is -2.27. The number of nitrogens with one attached hydrogen (secondary N) is 1. The summed E-state index contributed by atoms with van der Waals surface area (Å²) in [7, 11) is 0. The summed E-state index contributed by atoms with van der Waals surface area (Å²) < 4.78 is 5.70. The van der Waals surface area contributed by atoms with E-state index in [0.717, 1.165) is 16.9 Å². The first-order valence-electron chi connectivity index (χ1n) is 8.13. The summed E-state index contributed by atoms with van der Waals surface area (Å²) in [6.07, 6.45) is -0.821. The average molecular weight is 355 g/mol. The van der Waals surface area contributed by atoms with Crippen LogP contribution in [0.1, 0.15) is 22.3 Å². The number of aliphatic hydroxyl groups excluding tert-OH is 1. The molecule has 2 aromatic carbocycles. The predicted octanol–water partition coefficient (Wildman–Crippen LogP) is 3.24. The summed E-state index contributed by atoms with van der Waals surface area (Å²) in [6, 6.07) is 10.5. The standard InChI is InChI=1S/C19H21N3O4/c1-12-5-4-6-13(2)19(12)26-11-16(23)10-21-17-7-15(9-20)8-18(14(17)3)22(24)25/h4-8,16,21,23H,10-11H2,1-3H3. The van der Waals surface area contributed by atoms with E-state index in [2.05, 4.69) is 5.32 Å². The zero-order valence-electron chi connectivity index (χ0n) is 14.9. The van der Waals surface area contributed by atoms with Crippen LogP contribution in [-0.4, -0.2) is 29.3 Å². The van der Waals surface area contributed by atoms with Gasteiger partial charge in [0.2, 0.25) is 0 Å². The Balaban J connectivity index is 2.03. The Morgan fingerprint density at radius 1 is 1.31 bits per heavy atom. The number of nitrogens with zero attached hydrogens (tertiary/aromatic N) is 2. The monoisotopic (exact) mass is 355 g/mol. The first-order valence-corrected chi connectivity index (χ1v) is 8.13. The molecule has 0 aliphatic heterocycles. The smallest absolute Gasteiger partial charge is 0.275 e. The van der Waals surface area contributed by atoms with Crippen molar-refractivity contribution in [2.45, 2.75) is 26.9 Å². The van der Waals surface area contributed by atoms with Crippen molar-refractivity contribution in [2.24, 2.45) is 0 Å². The van der Waals surface area contributed by atoms with Crippen LogP contribution in [0.15, 0.2) is 30.3 Å². The van der Waals surface area contributed by atoms with Gasteiger partial charge in [0.25, 0.3) is 5.69 Å². The van der Waals surface area contributed by atoms with Crippen molar-refractivity contribution in [1.82, 2.24) is 0 Å². The fourth-order valence-corrected chi connectivity index (χ4v) is 2.63. The summed E-state index contributed by atoms with van der Waals surface area (Å²) in [6.45, 7) is 5.68. The van der Waals surface area contributed by atoms with E-state index in [0.29, 0.717) is 11.3 Å². The van der Waals surface area contributed by atoms with E-state index in [-0.39, 0.29) is 24.4 Å². The lowest BCUT2D eigenvalue weighted by Gasteiger charge is -2.17. The predicted molar refractivity (Wildman–Crippen MR) is 98.5 cm³/mol. The van der Waals surface area contributed by atoms with Gasteiger partial charge in [0, 0.05) is 23.9 Å². The van der Waals surface area contributed by atoms with Crippen molar-refractivity contribution in [2.75, 3.05) is 18.5 Å². The van der Waals surface area contributed by atoms with Crippen LogP contribution in [0.4, 0.5) is 11.4 Å². The highest BCUT2D eigenvalue weighted by Gasteiger charge is 2.17. The molecule has 0 radical (unpaired) electrons. The van der Waals surface area contributed by atoms with Crippen LogP contribution in [0.3, 0.4) is 0 Å². The first-order chi connectivity index (χ1) is 12.3. The second-order valence-corrected chi connectivity index (χ2v) is 6.10. The maximum absolute atomic E-state index is 11.1. The van der Waals surface area contributed by atoms with E-state index >= 15 is 0 Å². The van der Waals surface area contributed by atoms with Gasteiger partial charge >= 0.3 is 0 Å². The molecule has 0 amide bonds. The average Bonchev–Trinajstić information content (AvgIpc) is 2.60. The number of hydrogen-bond acceptors (Lipinski definition) is 6. The number of hydrogen-bond donors (Lipinski definition) is 2. The molecule has 0 aliphatic carbocycles. The van der Waals surface area contributed by atoms with Gasteiger partial charge in [0.05, 0.1) is 16.6 Å². The molecule has 2 N–H and O–H groups in total. The fourth-order valence-electron chi connectivity index (χ4n) is 2.63. The van der Waals surface area contributed by atoms with Crippen molar-refractivity contribution in [3.63, 3.8) is 0 Å². The third-order valence-corrected chi connectivity index (χ3v) is 4.06. The quantitative estimate of drug-likeness (QED) is 0.583. The van der Waals surface area contributed by atoms with Crippen molar-refractivity contribution < 1.29 is 14.8 Å². The molecule has 136 valence electrons. The second-order valence-electron chi connectivity index (χ2n) is 6.10. The van der Waals surface area contributed by atoms with E-state index < -0.39 is 11.0 Å². The molecule has 0 fully saturated rings. The Kier molecular flexibility index (Phi) is 6.15. The molecule has 26 heavy (non-hydrogen) atoms. The van der Waals surface area contributed by atoms with Gasteiger partial charge in [-0.3, -0.25) is 10.1 Å². The molecule has 0 heterocycles. The van der Waals surface area contributed by atoms with Crippen LogP contribution in [0.25, 0.3) is 0 Å². The number of aryl methyl sites for hydroxylation is 2. The molecule has 7 nitrogen and oxygen atoms in total. The molecule has 2 rings (SSSR count). The molecule has 0 spiro atoms. The number of nitro benzene ring substituents is 1. The Morgan fingerprint density at radius 3 is 2.54 bits per heavy atom. The largest absolute Gasteiger partial charge is 0.490 e. The molecular weight excluding hydrogens is 334 g/mol. The summed E-state index contributed by atoms with van der Waals surface area (Å²) in [5, 5.41) is 33.3. The maximum Gasteiger partial charge on any atom is 0.275 e. The lowest BCUT2D eigenvalue weighted by atomic mass is 10.1. The van der Waals surface area contributed by atoms with Crippen LogP contribution < -0.4 is 10.1 Å². The third-order valence-electron chi connectivity index (χ3n) is 4.06. The van der Waals surface area contributed by atoms with Gasteiger partial charge in [-0.2, -0.15) is 5.26 Å². The molecule has 1 atom stereocenters. The van der Waals surface area contributed by atoms with Gasteiger partial charge in [-0.15, -0.1) is 0 Å². The highest BCUT2D eigenvalue weighted by Crippen LogP contribution is 2.27.